The number of ether oxygens (including phenoxy) is 5. The highest BCUT2D eigenvalue weighted by Crippen LogP contribution is 2.46. The van der Waals surface area contributed by atoms with Crippen LogP contribution in [0, 0.1) is 0 Å². The highest BCUT2D eigenvalue weighted by Gasteiger charge is 2.67. The number of hydrogen-bond acceptors (Lipinski definition) is 6. The van der Waals surface area contributed by atoms with E-state index in [0.29, 0.717) is 6.61 Å². The van der Waals surface area contributed by atoms with E-state index in [0.717, 1.165) is 0 Å². The molecule has 3 rings (SSSR count). The molecular weight excluding hydrogens is 252 g/mol. The van der Waals surface area contributed by atoms with Gasteiger partial charge in [0.05, 0.1) is 6.61 Å². The van der Waals surface area contributed by atoms with Crippen LogP contribution in [0.1, 0.15) is 34.6 Å². The smallest absolute Gasteiger partial charge is 0.341 e. The minimum atomic E-state index is -1.07. The summed E-state index contributed by atoms with van der Waals surface area (Å²) in [5, 5.41) is 0. The maximum absolute atomic E-state index is 12.1. The molecule has 0 aromatic rings. The molecule has 0 aromatic carbocycles. The summed E-state index contributed by atoms with van der Waals surface area (Å²) < 4.78 is 28.3. The molecule has 0 N–H and O–H groups in total. The first-order chi connectivity index (χ1) is 8.63. The van der Waals surface area contributed by atoms with Gasteiger partial charge in [-0.1, -0.05) is 0 Å². The van der Waals surface area contributed by atoms with Gasteiger partial charge in [0.15, 0.2) is 23.3 Å². The van der Waals surface area contributed by atoms with Crippen LogP contribution in [0.25, 0.3) is 0 Å². The molecule has 0 saturated carbocycles. The van der Waals surface area contributed by atoms with Crippen molar-refractivity contribution in [2.24, 2.45) is 0 Å². The quantitative estimate of drug-likeness (QED) is 0.663. The van der Waals surface area contributed by atoms with Gasteiger partial charge >= 0.3 is 5.97 Å². The van der Waals surface area contributed by atoms with Crippen LogP contribution in [0.15, 0.2) is 0 Å². The average Bonchev–Trinajstić information content (AvgIpc) is 2.79. The lowest BCUT2D eigenvalue weighted by atomic mass is 9.96. The predicted octanol–water partition coefficient (Wildman–Crippen LogP) is 0.973. The van der Waals surface area contributed by atoms with Crippen molar-refractivity contribution in [1.82, 2.24) is 0 Å². The normalized spacial score (nSPS) is 47.2. The molecule has 0 radical (unpaired) electrons. The zero-order valence-corrected chi connectivity index (χ0v) is 11.9. The first kappa shape index (κ1) is 13.3. The summed E-state index contributed by atoms with van der Waals surface area (Å²) in [4.78, 5) is 12.1. The molecule has 0 amide bonds. The van der Waals surface area contributed by atoms with Crippen LogP contribution in [0.4, 0.5) is 0 Å². The lowest BCUT2D eigenvalue weighted by Gasteiger charge is -2.25. The first-order valence-electron chi connectivity index (χ1n) is 6.54. The summed E-state index contributed by atoms with van der Waals surface area (Å²) in [7, 11) is 0. The SMILES string of the molecule is CC1(C)OCC(C2OC(=O)[C@@]3(C)OC(C)(C)OC23)O1. The molecule has 3 heterocycles. The van der Waals surface area contributed by atoms with Gasteiger partial charge in [0.2, 0.25) is 0 Å². The molecule has 0 aliphatic carbocycles. The number of esters is 1. The van der Waals surface area contributed by atoms with Gasteiger partial charge in [-0.15, -0.1) is 0 Å². The lowest BCUT2D eigenvalue weighted by molar-refractivity contribution is -0.207. The highest BCUT2D eigenvalue weighted by molar-refractivity contribution is 5.83. The molecule has 6 nitrogen and oxygen atoms in total. The van der Waals surface area contributed by atoms with E-state index >= 15 is 0 Å². The van der Waals surface area contributed by atoms with Gasteiger partial charge in [0.25, 0.3) is 0 Å². The van der Waals surface area contributed by atoms with E-state index in [2.05, 4.69) is 0 Å². The minimum Gasteiger partial charge on any atom is -0.454 e. The average molecular weight is 272 g/mol. The van der Waals surface area contributed by atoms with Crippen molar-refractivity contribution >= 4 is 5.97 Å². The Hall–Kier alpha value is -0.690. The van der Waals surface area contributed by atoms with Crippen LogP contribution in [0.2, 0.25) is 0 Å². The monoisotopic (exact) mass is 272 g/mol. The van der Waals surface area contributed by atoms with E-state index in [9.17, 15) is 4.79 Å². The molecule has 3 aliphatic heterocycles. The van der Waals surface area contributed by atoms with Gasteiger partial charge in [-0.05, 0) is 34.6 Å². The summed E-state index contributed by atoms with van der Waals surface area (Å²) in [6.45, 7) is 9.32. The molecule has 19 heavy (non-hydrogen) atoms. The van der Waals surface area contributed by atoms with Gasteiger partial charge in [-0.2, -0.15) is 0 Å². The van der Waals surface area contributed by atoms with E-state index < -0.39 is 35.4 Å². The van der Waals surface area contributed by atoms with Crippen molar-refractivity contribution in [3.05, 3.63) is 0 Å². The van der Waals surface area contributed by atoms with Gasteiger partial charge < -0.3 is 23.7 Å². The molecule has 3 saturated heterocycles. The molecule has 3 unspecified atom stereocenters. The third-order valence-electron chi connectivity index (χ3n) is 3.76. The van der Waals surface area contributed by atoms with E-state index in [-0.39, 0.29) is 6.10 Å². The Kier molecular flexibility index (Phi) is 2.59. The third kappa shape index (κ3) is 1.98. The second kappa shape index (κ2) is 3.69. The van der Waals surface area contributed by atoms with Crippen LogP contribution >= 0.6 is 0 Å². The van der Waals surface area contributed by atoms with E-state index in [1.165, 1.54) is 0 Å². The lowest BCUT2D eigenvalue weighted by Crippen LogP contribution is -2.44. The van der Waals surface area contributed by atoms with Crippen LogP contribution in [0.3, 0.4) is 0 Å². The maximum atomic E-state index is 12.1. The standard InChI is InChI=1S/C13H20O6/c1-11(2)15-6-7(17-11)8-9-13(5,10(14)16-8)19-12(3,4)18-9/h7-9H,6H2,1-5H3/t7?,8?,9?,13-/m0/s1. The van der Waals surface area contributed by atoms with Gasteiger partial charge in [0.1, 0.15) is 12.2 Å². The zero-order valence-electron chi connectivity index (χ0n) is 11.9. The summed E-state index contributed by atoms with van der Waals surface area (Å²) >= 11 is 0. The Balaban J connectivity index is 1.84. The Morgan fingerprint density at radius 1 is 1.05 bits per heavy atom. The molecule has 0 bridgehead atoms. The number of fused-ring (bicyclic) bond motifs is 1. The van der Waals surface area contributed by atoms with Crippen LogP contribution in [0.5, 0.6) is 0 Å². The van der Waals surface area contributed by atoms with Crippen molar-refractivity contribution in [1.29, 1.82) is 0 Å². The Bertz CT molecular complexity index is 417. The van der Waals surface area contributed by atoms with E-state index in [1.807, 2.05) is 13.8 Å². The number of rotatable bonds is 1. The fraction of sp³-hybridized carbons (Fsp3) is 0.923. The van der Waals surface area contributed by atoms with Crippen molar-refractivity contribution in [3.8, 4) is 0 Å². The number of hydrogen-bond donors (Lipinski definition) is 0. The molecule has 0 aromatic heterocycles. The van der Waals surface area contributed by atoms with Crippen molar-refractivity contribution < 1.29 is 28.5 Å². The Labute approximate surface area is 112 Å². The fourth-order valence-electron chi connectivity index (χ4n) is 3.00. The Morgan fingerprint density at radius 3 is 2.32 bits per heavy atom. The third-order valence-corrected chi connectivity index (χ3v) is 3.76. The number of cyclic esters (lactones) is 1. The van der Waals surface area contributed by atoms with Crippen molar-refractivity contribution in [2.75, 3.05) is 6.61 Å². The molecule has 4 atom stereocenters. The van der Waals surface area contributed by atoms with Crippen molar-refractivity contribution in [2.45, 2.75) is 70.1 Å². The van der Waals surface area contributed by atoms with Crippen molar-refractivity contribution in [3.63, 3.8) is 0 Å². The summed E-state index contributed by atoms with van der Waals surface area (Å²) in [6.07, 6.45) is -1.30. The van der Waals surface area contributed by atoms with E-state index in [4.69, 9.17) is 23.7 Å². The van der Waals surface area contributed by atoms with Gasteiger partial charge in [-0.3, -0.25) is 0 Å². The zero-order chi connectivity index (χ0) is 14.1. The van der Waals surface area contributed by atoms with Crippen LogP contribution in [-0.4, -0.2) is 48.1 Å². The second-order valence-electron chi connectivity index (χ2n) is 6.38. The number of carbonyl (C=O) groups excluding carboxylic acids is 1. The van der Waals surface area contributed by atoms with Crippen LogP contribution in [-0.2, 0) is 28.5 Å². The first-order valence-corrected chi connectivity index (χ1v) is 6.54. The molecule has 6 heteroatoms. The second-order valence-corrected chi connectivity index (χ2v) is 6.38. The Morgan fingerprint density at radius 2 is 1.74 bits per heavy atom. The van der Waals surface area contributed by atoms with Gasteiger partial charge in [-0.25, -0.2) is 4.79 Å². The summed E-state index contributed by atoms with van der Waals surface area (Å²) in [5.41, 5.74) is -1.07. The molecule has 0 spiro atoms. The largest absolute Gasteiger partial charge is 0.454 e. The summed E-state index contributed by atoms with van der Waals surface area (Å²) in [6, 6.07) is 0. The van der Waals surface area contributed by atoms with E-state index in [1.54, 1.807) is 20.8 Å². The molecule has 3 aliphatic rings. The molecule has 3 fully saturated rings. The molecule has 108 valence electrons. The topological polar surface area (TPSA) is 63.2 Å². The predicted molar refractivity (Wildman–Crippen MR) is 63.2 cm³/mol. The molecular formula is C13H20O6. The minimum absolute atomic E-state index is 0.330. The maximum Gasteiger partial charge on any atom is 0.341 e. The highest BCUT2D eigenvalue weighted by atomic mass is 16.8. The van der Waals surface area contributed by atoms with Crippen LogP contribution < -0.4 is 0 Å². The number of carbonyl (C=O) groups is 1. The van der Waals surface area contributed by atoms with Gasteiger partial charge in [0, 0.05) is 0 Å². The fourth-order valence-corrected chi connectivity index (χ4v) is 3.00. The summed E-state index contributed by atoms with van der Waals surface area (Å²) in [5.74, 6) is -1.86.